The van der Waals surface area contributed by atoms with Crippen molar-refractivity contribution in [1.29, 1.82) is 0 Å². The number of nitrogens with one attached hydrogen (secondary N) is 1. The van der Waals surface area contributed by atoms with Crippen LogP contribution in [0.2, 0.25) is 5.02 Å². The van der Waals surface area contributed by atoms with Gasteiger partial charge in [0.2, 0.25) is 0 Å². The Hall–Kier alpha value is -0.530. The largest absolute Gasteiger partial charge is 0.316 e. The molecule has 0 saturated carbocycles. The topological polar surface area (TPSA) is 12.0 Å². The molecule has 2 unspecified atom stereocenters. The average molecular weight is 280 g/mol. The van der Waals surface area contributed by atoms with Crippen molar-refractivity contribution in [2.45, 2.75) is 46.0 Å². The van der Waals surface area contributed by atoms with Crippen molar-refractivity contribution < 1.29 is 0 Å². The number of rotatable bonds is 4. The molecule has 0 spiro atoms. The van der Waals surface area contributed by atoms with E-state index in [2.05, 4.69) is 38.2 Å². The first kappa shape index (κ1) is 14.9. The van der Waals surface area contributed by atoms with Crippen LogP contribution >= 0.6 is 11.6 Å². The van der Waals surface area contributed by atoms with Crippen LogP contribution in [0.15, 0.2) is 24.3 Å². The number of piperidine rings is 1. The minimum Gasteiger partial charge on any atom is -0.316 e. The summed E-state index contributed by atoms with van der Waals surface area (Å²) in [6.07, 6.45) is 3.91. The second-order valence-electron chi connectivity index (χ2n) is 6.64. The summed E-state index contributed by atoms with van der Waals surface area (Å²) in [6.45, 7) is 9.36. The van der Waals surface area contributed by atoms with Crippen LogP contribution in [-0.2, 0) is 0 Å². The summed E-state index contributed by atoms with van der Waals surface area (Å²) in [7, 11) is 0. The highest BCUT2D eigenvalue weighted by atomic mass is 35.5. The maximum atomic E-state index is 6.01. The van der Waals surface area contributed by atoms with Crippen molar-refractivity contribution in [2.24, 2.45) is 11.3 Å². The molecule has 1 aliphatic heterocycles. The van der Waals surface area contributed by atoms with Crippen LogP contribution in [0.5, 0.6) is 0 Å². The van der Waals surface area contributed by atoms with Crippen LogP contribution in [0, 0.1) is 11.3 Å². The van der Waals surface area contributed by atoms with Crippen molar-refractivity contribution in [1.82, 2.24) is 5.32 Å². The van der Waals surface area contributed by atoms with Gasteiger partial charge in [-0.1, -0.05) is 50.9 Å². The Morgan fingerprint density at radius 1 is 1.32 bits per heavy atom. The fourth-order valence-corrected chi connectivity index (χ4v) is 3.30. The molecule has 19 heavy (non-hydrogen) atoms. The second-order valence-corrected chi connectivity index (χ2v) is 7.08. The van der Waals surface area contributed by atoms with Gasteiger partial charge in [-0.25, -0.2) is 0 Å². The first-order valence-electron chi connectivity index (χ1n) is 7.47. The Morgan fingerprint density at radius 3 is 2.63 bits per heavy atom. The maximum Gasteiger partial charge on any atom is 0.0406 e. The predicted molar refractivity (Wildman–Crippen MR) is 83.9 cm³/mol. The van der Waals surface area contributed by atoms with Gasteiger partial charge < -0.3 is 5.32 Å². The minimum absolute atomic E-state index is 0.420. The highest BCUT2D eigenvalue weighted by Gasteiger charge is 2.36. The maximum absolute atomic E-state index is 6.01. The zero-order chi connectivity index (χ0) is 13.9. The molecule has 0 aliphatic carbocycles. The van der Waals surface area contributed by atoms with Crippen LogP contribution in [0.25, 0.3) is 0 Å². The molecule has 1 fully saturated rings. The lowest BCUT2D eigenvalue weighted by molar-refractivity contribution is 0.161. The van der Waals surface area contributed by atoms with E-state index in [-0.39, 0.29) is 0 Å². The zero-order valence-corrected chi connectivity index (χ0v) is 13.1. The van der Waals surface area contributed by atoms with E-state index >= 15 is 0 Å². The number of hydrogen-bond donors (Lipinski definition) is 1. The molecule has 1 N–H and O–H groups in total. The molecule has 1 aromatic carbocycles. The third-order valence-electron chi connectivity index (χ3n) is 4.63. The summed E-state index contributed by atoms with van der Waals surface area (Å²) >= 11 is 6.01. The van der Waals surface area contributed by atoms with Gasteiger partial charge in [0.25, 0.3) is 0 Å². The highest BCUT2D eigenvalue weighted by Crippen LogP contribution is 2.44. The van der Waals surface area contributed by atoms with E-state index < -0.39 is 0 Å². The zero-order valence-electron chi connectivity index (χ0n) is 12.4. The Kier molecular flexibility index (Phi) is 4.92. The third-order valence-corrected chi connectivity index (χ3v) is 4.88. The van der Waals surface area contributed by atoms with E-state index in [0.29, 0.717) is 11.3 Å². The van der Waals surface area contributed by atoms with Gasteiger partial charge in [-0.2, -0.15) is 0 Å². The van der Waals surface area contributed by atoms with E-state index in [1.807, 2.05) is 12.1 Å². The quantitative estimate of drug-likeness (QED) is 0.830. The number of halogens is 1. The summed E-state index contributed by atoms with van der Waals surface area (Å²) in [6, 6.07) is 8.45. The molecule has 0 aromatic heterocycles. The predicted octanol–water partition coefficient (Wildman–Crippen LogP) is 4.86. The monoisotopic (exact) mass is 279 g/mol. The van der Waals surface area contributed by atoms with Gasteiger partial charge in [-0.15, -0.1) is 0 Å². The average Bonchev–Trinajstić information content (AvgIpc) is 2.38. The lowest BCUT2D eigenvalue weighted by Crippen LogP contribution is -2.42. The molecule has 2 rings (SSSR count). The second kappa shape index (κ2) is 6.28. The fourth-order valence-electron chi connectivity index (χ4n) is 3.17. The highest BCUT2D eigenvalue weighted by molar-refractivity contribution is 6.30. The van der Waals surface area contributed by atoms with Crippen molar-refractivity contribution in [2.75, 3.05) is 13.1 Å². The Balaban J connectivity index is 2.17. The van der Waals surface area contributed by atoms with E-state index in [1.54, 1.807) is 0 Å². The van der Waals surface area contributed by atoms with E-state index in [0.717, 1.165) is 24.0 Å². The van der Waals surface area contributed by atoms with Crippen molar-refractivity contribution in [3.05, 3.63) is 34.9 Å². The van der Waals surface area contributed by atoms with Crippen molar-refractivity contribution in [3.8, 4) is 0 Å². The molecule has 1 heterocycles. The molecule has 1 saturated heterocycles. The molecule has 2 atom stereocenters. The normalized spacial score (nSPS) is 27.7. The molecule has 0 amide bonds. The van der Waals surface area contributed by atoms with E-state index in [1.165, 1.54) is 24.8 Å². The molecule has 0 radical (unpaired) electrons. The number of hydrogen-bond acceptors (Lipinski definition) is 1. The molecule has 0 bridgehead atoms. The van der Waals surface area contributed by atoms with Crippen LogP contribution in [0.4, 0.5) is 0 Å². The van der Waals surface area contributed by atoms with Gasteiger partial charge in [-0.3, -0.25) is 0 Å². The van der Waals surface area contributed by atoms with E-state index in [4.69, 9.17) is 11.6 Å². The Labute approximate surface area is 122 Å². The van der Waals surface area contributed by atoms with E-state index in [9.17, 15) is 0 Å². The van der Waals surface area contributed by atoms with Gasteiger partial charge in [0.1, 0.15) is 0 Å². The molecule has 1 nitrogen and oxygen atoms in total. The first-order valence-corrected chi connectivity index (χ1v) is 7.85. The minimum atomic E-state index is 0.420. The van der Waals surface area contributed by atoms with Gasteiger partial charge in [-0.05, 0) is 48.4 Å². The summed E-state index contributed by atoms with van der Waals surface area (Å²) in [5.41, 5.74) is 1.85. The molecule has 106 valence electrons. The lowest BCUT2D eigenvalue weighted by atomic mass is 9.66. The molecular weight excluding hydrogens is 254 g/mol. The Morgan fingerprint density at radius 2 is 2.00 bits per heavy atom. The van der Waals surface area contributed by atoms with Gasteiger partial charge in [0, 0.05) is 17.5 Å². The van der Waals surface area contributed by atoms with Gasteiger partial charge >= 0.3 is 0 Å². The fraction of sp³-hybridized carbons (Fsp3) is 0.647. The molecular formula is C17H26ClN. The number of benzene rings is 1. The standard InChI is InChI=1S/C17H26ClN/c1-13(2)8-9-17(3)10-11-19-12-16(17)14-4-6-15(18)7-5-14/h4-7,13,16,19H,8-12H2,1-3H3. The lowest BCUT2D eigenvalue weighted by Gasteiger charge is -2.43. The van der Waals surface area contributed by atoms with Crippen LogP contribution in [0.1, 0.15) is 51.5 Å². The Bertz CT molecular complexity index is 398. The summed E-state index contributed by atoms with van der Waals surface area (Å²) in [5.74, 6) is 1.40. The smallest absolute Gasteiger partial charge is 0.0406 e. The van der Waals surface area contributed by atoms with Crippen LogP contribution in [-0.4, -0.2) is 13.1 Å². The van der Waals surface area contributed by atoms with Crippen LogP contribution < -0.4 is 5.32 Å². The SMILES string of the molecule is CC(C)CCC1(C)CCNCC1c1ccc(Cl)cc1. The van der Waals surface area contributed by atoms with Crippen molar-refractivity contribution in [3.63, 3.8) is 0 Å². The van der Waals surface area contributed by atoms with Crippen LogP contribution in [0.3, 0.4) is 0 Å². The summed E-state index contributed by atoms with van der Waals surface area (Å²) in [4.78, 5) is 0. The first-order chi connectivity index (χ1) is 9.01. The third kappa shape index (κ3) is 3.73. The van der Waals surface area contributed by atoms with Gasteiger partial charge in [0.15, 0.2) is 0 Å². The molecule has 2 heteroatoms. The molecule has 1 aromatic rings. The van der Waals surface area contributed by atoms with Crippen molar-refractivity contribution >= 4 is 11.6 Å². The molecule has 1 aliphatic rings. The van der Waals surface area contributed by atoms with Gasteiger partial charge in [0.05, 0.1) is 0 Å². The summed E-state index contributed by atoms with van der Waals surface area (Å²) in [5, 5.41) is 4.39. The summed E-state index contributed by atoms with van der Waals surface area (Å²) < 4.78 is 0.